The van der Waals surface area contributed by atoms with Gasteiger partial charge in [0.15, 0.2) is 0 Å². The fraction of sp³-hybridized carbons (Fsp3) is 0.240. The Hall–Kier alpha value is -3.33. The minimum atomic E-state index is -0.993. The molecule has 1 unspecified atom stereocenters. The highest BCUT2D eigenvalue weighted by Gasteiger charge is 2.20. The van der Waals surface area contributed by atoms with Crippen LogP contribution in [0.15, 0.2) is 60.7 Å². The number of carbonyl (C=O) groups excluding carboxylic acids is 1. The number of aryl methyl sites for hydroxylation is 2. The molecular formula is C25H25Cl2N3O5. The number of nitro benzene ring substituents is 1. The van der Waals surface area contributed by atoms with Gasteiger partial charge in [-0.3, -0.25) is 10.1 Å². The number of benzene rings is 3. The Morgan fingerprint density at radius 3 is 2.23 bits per heavy atom. The maximum Gasteiger partial charge on any atom is 0.322 e. The summed E-state index contributed by atoms with van der Waals surface area (Å²) in [5.41, 5.74) is 3.03. The van der Waals surface area contributed by atoms with Crippen molar-refractivity contribution < 1.29 is 19.6 Å². The molecule has 0 bridgehead atoms. The molecule has 0 aliphatic heterocycles. The van der Waals surface area contributed by atoms with E-state index in [1.165, 1.54) is 29.2 Å². The SMILES string of the molecule is Cc1cc(C)cc(OCC(O)CN(Cc2cc(Cl)cc(Cl)c2)C(=O)Nc2ccc([N+](=O)[O-])cc2)c1. The smallest absolute Gasteiger partial charge is 0.322 e. The zero-order valence-corrected chi connectivity index (χ0v) is 20.7. The van der Waals surface area contributed by atoms with Crippen molar-refractivity contribution in [2.24, 2.45) is 0 Å². The van der Waals surface area contributed by atoms with Crippen LogP contribution in [0.3, 0.4) is 0 Å². The lowest BCUT2D eigenvalue weighted by Crippen LogP contribution is -2.41. The molecule has 2 N–H and O–H groups in total. The first-order valence-electron chi connectivity index (χ1n) is 10.7. The Labute approximate surface area is 213 Å². The summed E-state index contributed by atoms with van der Waals surface area (Å²) in [6.45, 7) is 3.95. The fourth-order valence-corrected chi connectivity index (χ4v) is 4.10. The Morgan fingerprint density at radius 1 is 1.06 bits per heavy atom. The predicted octanol–water partition coefficient (Wildman–Crippen LogP) is 5.99. The summed E-state index contributed by atoms with van der Waals surface area (Å²) in [4.78, 5) is 24.8. The summed E-state index contributed by atoms with van der Waals surface area (Å²) in [5, 5.41) is 25.1. The third-order valence-electron chi connectivity index (χ3n) is 4.98. The number of aliphatic hydroxyl groups is 1. The van der Waals surface area contributed by atoms with Gasteiger partial charge in [-0.1, -0.05) is 29.3 Å². The third-order valence-corrected chi connectivity index (χ3v) is 5.42. The van der Waals surface area contributed by atoms with E-state index in [4.69, 9.17) is 27.9 Å². The van der Waals surface area contributed by atoms with Gasteiger partial charge < -0.3 is 20.1 Å². The van der Waals surface area contributed by atoms with E-state index in [2.05, 4.69) is 5.32 Å². The summed E-state index contributed by atoms with van der Waals surface area (Å²) in [6.07, 6.45) is -0.993. The first-order valence-corrected chi connectivity index (χ1v) is 11.5. The number of ether oxygens (including phenoxy) is 1. The second-order valence-electron chi connectivity index (χ2n) is 8.18. The number of urea groups is 1. The summed E-state index contributed by atoms with van der Waals surface area (Å²) >= 11 is 12.2. The summed E-state index contributed by atoms with van der Waals surface area (Å²) in [5.74, 6) is 0.630. The first-order chi connectivity index (χ1) is 16.6. The third kappa shape index (κ3) is 8.13. The largest absolute Gasteiger partial charge is 0.491 e. The molecule has 3 aromatic carbocycles. The van der Waals surface area contributed by atoms with Gasteiger partial charge in [-0.05, 0) is 73.0 Å². The van der Waals surface area contributed by atoms with Gasteiger partial charge in [-0.25, -0.2) is 4.79 Å². The monoisotopic (exact) mass is 517 g/mol. The number of nitro groups is 1. The van der Waals surface area contributed by atoms with E-state index >= 15 is 0 Å². The van der Waals surface area contributed by atoms with Gasteiger partial charge >= 0.3 is 6.03 Å². The average Bonchev–Trinajstić information content (AvgIpc) is 2.76. The molecule has 8 nitrogen and oxygen atoms in total. The van der Waals surface area contributed by atoms with Gasteiger partial charge in [0.05, 0.1) is 11.5 Å². The number of anilines is 1. The van der Waals surface area contributed by atoms with Gasteiger partial charge in [0.1, 0.15) is 18.5 Å². The molecule has 0 spiro atoms. The van der Waals surface area contributed by atoms with Gasteiger partial charge in [-0.2, -0.15) is 0 Å². The molecule has 0 aromatic heterocycles. The van der Waals surface area contributed by atoms with Crippen molar-refractivity contribution >= 4 is 40.6 Å². The van der Waals surface area contributed by atoms with Crippen molar-refractivity contribution in [3.05, 3.63) is 97.5 Å². The van der Waals surface area contributed by atoms with Crippen molar-refractivity contribution in [3.8, 4) is 5.75 Å². The van der Waals surface area contributed by atoms with Gasteiger partial charge in [0.25, 0.3) is 5.69 Å². The fourth-order valence-electron chi connectivity index (χ4n) is 3.53. The summed E-state index contributed by atoms with van der Waals surface area (Å²) in [6, 6.07) is 15.6. The number of nitrogens with zero attached hydrogens (tertiary/aromatic N) is 2. The number of aliphatic hydroxyl groups excluding tert-OH is 1. The van der Waals surface area contributed by atoms with E-state index in [1.807, 2.05) is 32.0 Å². The Morgan fingerprint density at radius 2 is 1.66 bits per heavy atom. The number of rotatable bonds is 9. The number of amides is 2. The maximum absolute atomic E-state index is 13.1. The molecule has 0 saturated carbocycles. The molecule has 3 aromatic rings. The molecular weight excluding hydrogens is 493 g/mol. The Kier molecular flexibility index (Phi) is 8.92. The van der Waals surface area contributed by atoms with E-state index in [9.17, 15) is 20.0 Å². The number of hydrogen-bond acceptors (Lipinski definition) is 5. The van der Waals surface area contributed by atoms with Crippen LogP contribution in [0.4, 0.5) is 16.2 Å². The Bertz CT molecular complexity index is 1160. The van der Waals surface area contributed by atoms with E-state index in [0.717, 1.165) is 11.1 Å². The van der Waals surface area contributed by atoms with Crippen LogP contribution in [-0.2, 0) is 6.54 Å². The minimum absolute atomic E-state index is 0.0273. The lowest BCUT2D eigenvalue weighted by atomic mass is 10.1. The van der Waals surface area contributed by atoms with Crippen molar-refractivity contribution in [3.63, 3.8) is 0 Å². The molecule has 35 heavy (non-hydrogen) atoms. The predicted molar refractivity (Wildman–Crippen MR) is 136 cm³/mol. The van der Waals surface area contributed by atoms with Gasteiger partial charge in [0.2, 0.25) is 0 Å². The molecule has 10 heteroatoms. The van der Waals surface area contributed by atoms with E-state index < -0.39 is 17.1 Å². The molecule has 0 heterocycles. The number of nitrogens with one attached hydrogen (secondary N) is 1. The van der Waals surface area contributed by atoms with E-state index in [0.29, 0.717) is 27.0 Å². The highest BCUT2D eigenvalue weighted by atomic mass is 35.5. The van der Waals surface area contributed by atoms with Crippen LogP contribution in [0.25, 0.3) is 0 Å². The van der Waals surface area contributed by atoms with Crippen LogP contribution in [0.5, 0.6) is 5.75 Å². The zero-order valence-electron chi connectivity index (χ0n) is 19.2. The molecule has 0 radical (unpaired) electrons. The topological polar surface area (TPSA) is 105 Å². The van der Waals surface area contributed by atoms with Crippen LogP contribution in [0.1, 0.15) is 16.7 Å². The Balaban J connectivity index is 1.73. The quantitative estimate of drug-likeness (QED) is 0.267. The molecule has 184 valence electrons. The zero-order chi connectivity index (χ0) is 25.5. The van der Waals surface area contributed by atoms with Crippen molar-refractivity contribution in [1.29, 1.82) is 0 Å². The molecule has 1 atom stereocenters. The molecule has 3 rings (SSSR count). The molecule has 0 aliphatic carbocycles. The molecule has 0 fully saturated rings. The van der Waals surface area contributed by atoms with Crippen molar-refractivity contribution in [1.82, 2.24) is 4.90 Å². The van der Waals surface area contributed by atoms with Crippen LogP contribution in [-0.4, -0.2) is 40.2 Å². The van der Waals surface area contributed by atoms with Crippen LogP contribution >= 0.6 is 23.2 Å². The second-order valence-corrected chi connectivity index (χ2v) is 9.05. The van der Waals surface area contributed by atoms with Crippen molar-refractivity contribution in [2.75, 3.05) is 18.5 Å². The molecule has 0 saturated heterocycles. The van der Waals surface area contributed by atoms with Gasteiger partial charge in [-0.15, -0.1) is 0 Å². The minimum Gasteiger partial charge on any atom is -0.491 e. The van der Waals surface area contributed by atoms with Crippen molar-refractivity contribution in [2.45, 2.75) is 26.5 Å². The van der Waals surface area contributed by atoms with Crippen LogP contribution in [0.2, 0.25) is 10.0 Å². The number of halogens is 2. The lowest BCUT2D eigenvalue weighted by molar-refractivity contribution is -0.384. The van der Waals surface area contributed by atoms with E-state index in [-0.39, 0.29) is 25.4 Å². The van der Waals surface area contributed by atoms with Gasteiger partial charge in [0, 0.05) is 34.4 Å². The number of hydrogen-bond donors (Lipinski definition) is 2. The highest BCUT2D eigenvalue weighted by Crippen LogP contribution is 2.22. The standard InChI is InChI=1S/C25H25Cl2N3O5/c1-16-7-17(2)9-24(8-16)35-15-23(31)14-29(13-18-10-19(26)12-20(27)11-18)25(32)28-21-3-5-22(6-4-21)30(33)34/h3-12,23,31H,13-15H2,1-2H3,(H,28,32). The lowest BCUT2D eigenvalue weighted by Gasteiger charge is -2.26. The molecule has 2 amide bonds. The van der Waals surface area contributed by atoms with E-state index in [1.54, 1.807) is 18.2 Å². The maximum atomic E-state index is 13.1. The average molecular weight is 518 g/mol. The van der Waals surface area contributed by atoms with Crippen LogP contribution in [0, 0.1) is 24.0 Å². The highest BCUT2D eigenvalue weighted by molar-refractivity contribution is 6.34. The molecule has 0 aliphatic rings. The van der Waals surface area contributed by atoms with Crippen LogP contribution < -0.4 is 10.1 Å². The second kappa shape index (κ2) is 11.9. The summed E-state index contributed by atoms with van der Waals surface area (Å²) in [7, 11) is 0. The normalized spacial score (nSPS) is 11.6. The first kappa shape index (κ1) is 26.3. The number of non-ortho nitro benzene ring substituents is 1. The summed E-state index contributed by atoms with van der Waals surface area (Å²) < 4.78 is 5.74. The number of carbonyl (C=O) groups is 1.